The Morgan fingerprint density at radius 3 is 2.93 bits per heavy atom. The van der Waals surface area contributed by atoms with Crippen LogP contribution >= 0.6 is 0 Å². The predicted octanol–water partition coefficient (Wildman–Crippen LogP) is 2.54. The van der Waals surface area contributed by atoms with Gasteiger partial charge < -0.3 is 5.11 Å². The summed E-state index contributed by atoms with van der Waals surface area (Å²) < 4.78 is 0. The number of rotatable bonds is 1. The van der Waals surface area contributed by atoms with Crippen molar-refractivity contribution in [3.05, 3.63) is 23.9 Å². The van der Waals surface area contributed by atoms with Crippen LogP contribution in [0.5, 0.6) is 5.75 Å². The quantitative estimate of drug-likeness (QED) is 0.722. The van der Waals surface area contributed by atoms with Crippen LogP contribution < -0.4 is 0 Å². The Labute approximate surface area is 81.8 Å². The Morgan fingerprint density at radius 2 is 2.21 bits per heavy atom. The number of phenolic OH excluding ortho intramolecular Hbond substituents is 1. The molecule has 0 unspecified atom stereocenters. The first kappa shape index (κ1) is 7.85. The number of nitrogens with zero attached hydrogens (tertiary/aromatic N) is 1. The van der Waals surface area contributed by atoms with Gasteiger partial charge in [0.1, 0.15) is 5.75 Å². The van der Waals surface area contributed by atoms with Gasteiger partial charge in [-0.3, -0.25) is 5.10 Å². The van der Waals surface area contributed by atoms with Gasteiger partial charge in [-0.15, -0.1) is 0 Å². The van der Waals surface area contributed by atoms with E-state index in [2.05, 4.69) is 10.2 Å². The first-order chi connectivity index (χ1) is 6.86. The molecule has 0 atom stereocenters. The van der Waals surface area contributed by atoms with Crippen molar-refractivity contribution in [2.75, 3.05) is 0 Å². The van der Waals surface area contributed by atoms with Crippen molar-refractivity contribution < 1.29 is 5.11 Å². The maximum absolute atomic E-state index is 9.75. The zero-order chi connectivity index (χ0) is 9.54. The third-order valence-corrected chi connectivity index (χ3v) is 3.10. The summed E-state index contributed by atoms with van der Waals surface area (Å²) in [5, 5.41) is 17.9. The van der Waals surface area contributed by atoms with Crippen LogP contribution in [0.2, 0.25) is 0 Å². The Kier molecular flexibility index (Phi) is 1.54. The largest absolute Gasteiger partial charge is 0.507 e. The third-order valence-electron chi connectivity index (χ3n) is 3.10. The van der Waals surface area contributed by atoms with Gasteiger partial charge in [0.25, 0.3) is 0 Å². The van der Waals surface area contributed by atoms with Crippen molar-refractivity contribution >= 4 is 10.9 Å². The van der Waals surface area contributed by atoms with E-state index in [1.54, 1.807) is 6.07 Å². The second-order valence-electron chi connectivity index (χ2n) is 3.94. The molecule has 1 saturated carbocycles. The zero-order valence-corrected chi connectivity index (χ0v) is 7.83. The molecule has 1 aliphatic rings. The van der Waals surface area contributed by atoms with Gasteiger partial charge in [-0.2, -0.15) is 5.10 Å². The van der Waals surface area contributed by atoms with Crippen molar-refractivity contribution in [1.82, 2.24) is 10.2 Å². The Hall–Kier alpha value is -1.51. The standard InChI is InChI=1S/C11H12N2O/c14-9-6-2-5-8-10(9)11(13-12-8)7-3-1-4-7/h2,5-7,14H,1,3-4H2,(H,12,13). The molecule has 1 aliphatic carbocycles. The smallest absolute Gasteiger partial charge is 0.126 e. The number of nitrogens with one attached hydrogen (secondary N) is 1. The number of aromatic nitrogens is 2. The zero-order valence-electron chi connectivity index (χ0n) is 7.83. The Morgan fingerprint density at radius 1 is 1.36 bits per heavy atom. The molecule has 1 aromatic carbocycles. The van der Waals surface area contributed by atoms with Crippen molar-refractivity contribution in [3.8, 4) is 5.75 Å². The Bertz CT molecular complexity index is 471. The van der Waals surface area contributed by atoms with Gasteiger partial charge >= 0.3 is 0 Å². The molecule has 0 saturated heterocycles. The minimum atomic E-state index is 0.346. The normalized spacial score (nSPS) is 17.1. The van der Waals surface area contributed by atoms with Crippen LogP contribution in [0.3, 0.4) is 0 Å². The number of fused-ring (bicyclic) bond motifs is 1. The molecule has 2 N–H and O–H groups in total. The molecule has 3 nitrogen and oxygen atoms in total. The van der Waals surface area contributed by atoms with Gasteiger partial charge in [0.05, 0.1) is 10.9 Å². The summed E-state index contributed by atoms with van der Waals surface area (Å²) in [6.07, 6.45) is 3.72. The number of phenols is 1. The first-order valence-electron chi connectivity index (χ1n) is 5.02. The highest BCUT2D eigenvalue weighted by molar-refractivity contribution is 5.87. The van der Waals surface area contributed by atoms with Crippen LogP contribution in [0, 0.1) is 0 Å². The molecule has 0 amide bonds. The summed E-state index contributed by atoms with van der Waals surface area (Å²) in [5.41, 5.74) is 1.98. The van der Waals surface area contributed by atoms with Gasteiger partial charge in [-0.05, 0) is 25.0 Å². The molecule has 72 valence electrons. The number of benzene rings is 1. The fourth-order valence-corrected chi connectivity index (χ4v) is 2.07. The molecule has 14 heavy (non-hydrogen) atoms. The van der Waals surface area contributed by atoms with Crippen LogP contribution in [0.4, 0.5) is 0 Å². The number of hydrogen-bond acceptors (Lipinski definition) is 2. The van der Waals surface area contributed by atoms with E-state index in [-0.39, 0.29) is 0 Å². The van der Waals surface area contributed by atoms with Gasteiger partial charge in [0.15, 0.2) is 0 Å². The van der Waals surface area contributed by atoms with Gasteiger partial charge in [-0.1, -0.05) is 12.5 Å². The molecular formula is C11H12N2O. The first-order valence-corrected chi connectivity index (χ1v) is 5.02. The second kappa shape index (κ2) is 2.74. The monoisotopic (exact) mass is 188 g/mol. The number of hydrogen-bond donors (Lipinski definition) is 2. The number of aromatic hydroxyl groups is 1. The lowest BCUT2D eigenvalue weighted by Crippen LogP contribution is -2.09. The lowest BCUT2D eigenvalue weighted by molar-refractivity contribution is 0.411. The van der Waals surface area contributed by atoms with E-state index in [9.17, 15) is 5.11 Å². The summed E-state index contributed by atoms with van der Waals surface area (Å²) in [5.74, 6) is 0.923. The van der Waals surface area contributed by atoms with E-state index in [0.717, 1.165) is 16.6 Å². The fraction of sp³-hybridized carbons (Fsp3) is 0.364. The summed E-state index contributed by atoms with van der Waals surface area (Å²) >= 11 is 0. The van der Waals surface area contributed by atoms with Gasteiger partial charge in [-0.25, -0.2) is 0 Å². The predicted molar refractivity (Wildman–Crippen MR) is 54.4 cm³/mol. The highest BCUT2D eigenvalue weighted by Gasteiger charge is 2.24. The van der Waals surface area contributed by atoms with Crippen molar-refractivity contribution in [2.45, 2.75) is 25.2 Å². The molecule has 2 aromatic rings. The molecule has 0 aliphatic heterocycles. The van der Waals surface area contributed by atoms with Crippen LogP contribution in [-0.4, -0.2) is 15.3 Å². The van der Waals surface area contributed by atoms with Crippen LogP contribution in [-0.2, 0) is 0 Å². The van der Waals surface area contributed by atoms with E-state index in [0.29, 0.717) is 11.7 Å². The van der Waals surface area contributed by atoms with Crippen molar-refractivity contribution in [1.29, 1.82) is 0 Å². The van der Waals surface area contributed by atoms with Crippen molar-refractivity contribution in [2.24, 2.45) is 0 Å². The highest BCUT2D eigenvalue weighted by Crippen LogP contribution is 2.40. The summed E-state index contributed by atoms with van der Waals surface area (Å²) in [6, 6.07) is 5.47. The topological polar surface area (TPSA) is 48.9 Å². The van der Waals surface area contributed by atoms with Crippen LogP contribution in [0.1, 0.15) is 30.9 Å². The number of aromatic amines is 1. The molecule has 3 rings (SSSR count). The third kappa shape index (κ3) is 0.953. The molecule has 0 spiro atoms. The maximum atomic E-state index is 9.75. The summed E-state index contributed by atoms with van der Waals surface area (Å²) in [6.45, 7) is 0. The minimum Gasteiger partial charge on any atom is -0.507 e. The van der Waals surface area contributed by atoms with E-state index in [1.807, 2.05) is 12.1 Å². The van der Waals surface area contributed by atoms with E-state index < -0.39 is 0 Å². The summed E-state index contributed by atoms with van der Waals surface area (Å²) in [7, 11) is 0. The average molecular weight is 188 g/mol. The highest BCUT2D eigenvalue weighted by atomic mass is 16.3. The summed E-state index contributed by atoms with van der Waals surface area (Å²) in [4.78, 5) is 0. The van der Waals surface area contributed by atoms with E-state index in [4.69, 9.17) is 0 Å². The van der Waals surface area contributed by atoms with E-state index >= 15 is 0 Å². The average Bonchev–Trinajstić information content (AvgIpc) is 2.47. The van der Waals surface area contributed by atoms with Crippen molar-refractivity contribution in [3.63, 3.8) is 0 Å². The minimum absolute atomic E-state index is 0.346. The molecule has 1 heterocycles. The van der Waals surface area contributed by atoms with E-state index in [1.165, 1.54) is 19.3 Å². The molecule has 1 aromatic heterocycles. The molecular weight excluding hydrogens is 176 g/mol. The maximum Gasteiger partial charge on any atom is 0.126 e. The van der Waals surface area contributed by atoms with Crippen LogP contribution in [0.25, 0.3) is 10.9 Å². The fourth-order valence-electron chi connectivity index (χ4n) is 2.07. The lowest BCUT2D eigenvalue weighted by Gasteiger charge is -2.24. The second-order valence-corrected chi connectivity index (χ2v) is 3.94. The van der Waals surface area contributed by atoms with Gasteiger partial charge in [0.2, 0.25) is 0 Å². The number of H-pyrrole nitrogens is 1. The molecule has 0 bridgehead atoms. The molecule has 1 fully saturated rings. The Balaban J connectivity index is 2.23. The molecule has 0 radical (unpaired) electrons. The lowest BCUT2D eigenvalue weighted by atomic mass is 9.82. The van der Waals surface area contributed by atoms with Gasteiger partial charge in [0, 0.05) is 11.6 Å². The van der Waals surface area contributed by atoms with Crippen LogP contribution in [0.15, 0.2) is 18.2 Å². The SMILES string of the molecule is Oc1cccc2n[nH]c(C3CCC3)c12. The molecule has 3 heteroatoms.